The summed E-state index contributed by atoms with van der Waals surface area (Å²) < 4.78 is 0. The first-order valence-corrected chi connectivity index (χ1v) is 13.3. The van der Waals surface area contributed by atoms with E-state index in [1.165, 1.54) is 36.0 Å². The molecule has 6 heteroatoms. The Balaban J connectivity index is 0.00000320. The molecule has 37 heavy (non-hydrogen) atoms. The second kappa shape index (κ2) is 12.4. The molecule has 2 amide bonds. The first kappa shape index (κ1) is 26.9. The lowest BCUT2D eigenvalue weighted by Crippen LogP contribution is -2.35. The molecule has 2 heterocycles. The smallest absolute Gasteiger partial charge is 0.255 e. The SMILES string of the molecule is CCCN1C(=O)CCc2ccc(NC(=O)c3ccc(-c4ccccc4)c(CN4CCCCC4)c3)cc21.Cl. The van der Waals surface area contributed by atoms with Gasteiger partial charge in [-0.1, -0.05) is 55.8 Å². The Labute approximate surface area is 226 Å². The number of nitrogens with zero attached hydrogens (tertiary/aromatic N) is 2. The number of hydrogen-bond acceptors (Lipinski definition) is 3. The van der Waals surface area contributed by atoms with Gasteiger partial charge >= 0.3 is 0 Å². The van der Waals surface area contributed by atoms with Crippen LogP contribution >= 0.6 is 12.4 Å². The minimum absolute atomic E-state index is 0. The molecule has 0 spiro atoms. The van der Waals surface area contributed by atoms with E-state index in [1.807, 2.05) is 35.2 Å². The van der Waals surface area contributed by atoms with Gasteiger partial charge in [0, 0.05) is 36.4 Å². The highest BCUT2D eigenvalue weighted by molar-refractivity contribution is 6.05. The quantitative estimate of drug-likeness (QED) is 0.379. The summed E-state index contributed by atoms with van der Waals surface area (Å²) in [6, 6.07) is 22.4. The Morgan fingerprint density at radius 2 is 1.70 bits per heavy atom. The van der Waals surface area contributed by atoms with Crippen molar-refractivity contribution in [2.45, 2.75) is 52.0 Å². The Bertz CT molecular complexity index is 1240. The summed E-state index contributed by atoms with van der Waals surface area (Å²) in [4.78, 5) is 30.2. The number of benzene rings is 3. The van der Waals surface area contributed by atoms with Gasteiger partial charge in [0.2, 0.25) is 5.91 Å². The lowest BCUT2D eigenvalue weighted by molar-refractivity contribution is -0.118. The molecule has 5 rings (SSSR count). The molecule has 1 saturated heterocycles. The molecule has 1 fully saturated rings. The van der Waals surface area contributed by atoms with E-state index in [9.17, 15) is 9.59 Å². The summed E-state index contributed by atoms with van der Waals surface area (Å²) in [5.74, 6) is 0.0327. The number of rotatable bonds is 7. The van der Waals surface area contributed by atoms with Crippen molar-refractivity contribution in [3.63, 3.8) is 0 Å². The van der Waals surface area contributed by atoms with E-state index >= 15 is 0 Å². The summed E-state index contributed by atoms with van der Waals surface area (Å²) in [5, 5.41) is 3.09. The molecule has 2 aliphatic heterocycles. The maximum absolute atomic E-state index is 13.3. The van der Waals surface area contributed by atoms with Crippen LogP contribution in [0, 0.1) is 0 Å². The van der Waals surface area contributed by atoms with Crippen molar-refractivity contribution in [3.8, 4) is 11.1 Å². The zero-order chi connectivity index (χ0) is 24.9. The first-order valence-electron chi connectivity index (χ1n) is 13.3. The van der Waals surface area contributed by atoms with Gasteiger partial charge in [0.15, 0.2) is 0 Å². The number of nitrogens with one attached hydrogen (secondary N) is 1. The van der Waals surface area contributed by atoms with Gasteiger partial charge in [0.25, 0.3) is 5.91 Å². The number of likely N-dealkylation sites (tertiary alicyclic amines) is 1. The molecular formula is C31H36ClN3O2. The largest absolute Gasteiger partial charge is 0.322 e. The van der Waals surface area contributed by atoms with Crippen LogP contribution in [-0.4, -0.2) is 36.3 Å². The van der Waals surface area contributed by atoms with Crippen LogP contribution in [0.1, 0.15) is 60.5 Å². The minimum atomic E-state index is -0.126. The summed E-state index contributed by atoms with van der Waals surface area (Å²) in [5.41, 5.74) is 7.00. The number of amides is 2. The number of fused-ring (bicyclic) bond motifs is 1. The Kier molecular flexibility index (Phi) is 9.01. The standard InChI is InChI=1S/C31H35N3O2.ClH/c1-2-17-34-29-21-27(14-11-24(29)13-16-30(34)35)32-31(36)25-12-15-28(23-9-5-3-6-10-23)26(20-25)22-33-18-7-4-8-19-33;/h3,5-6,9-12,14-15,20-21H,2,4,7-8,13,16-19,22H2,1H3,(H,32,36);1H. The van der Waals surface area contributed by atoms with E-state index in [0.717, 1.165) is 49.4 Å². The molecule has 1 N–H and O–H groups in total. The number of carbonyl (C=O) groups is 2. The topological polar surface area (TPSA) is 52.7 Å². The van der Waals surface area contributed by atoms with Crippen LogP contribution in [0.2, 0.25) is 0 Å². The maximum atomic E-state index is 13.3. The van der Waals surface area contributed by atoms with Gasteiger partial charge in [-0.3, -0.25) is 14.5 Å². The third-order valence-corrected chi connectivity index (χ3v) is 7.29. The lowest BCUT2D eigenvalue weighted by Gasteiger charge is -2.29. The maximum Gasteiger partial charge on any atom is 0.255 e. The molecule has 2 aliphatic rings. The number of anilines is 2. The van der Waals surface area contributed by atoms with Gasteiger partial charge in [0.05, 0.1) is 0 Å². The zero-order valence-corrected chi connectivity index (χ0v) is 22.4. The van der Waals surface area contributed by atoms with Crippen LogP contribution in [0.3, 0.4) is 0 Å². The summed E-state index contributed by atoms with van der Waals surface area (Å²) in [6.07, 6.45) is 5.96. The van der Waals surface area contributed by atoms with Gasteiger partial charge in [-0.25, -0.2) is 0 Å². The average molecular weight is 518 g/mol. The van der Waals surface area contributed by atoms with Crippen LogP contribution in [0.15, 0.2) is 66.7 Å². The normalized spacial score (nSPS) is 15.6. The van der Waals surface area contributed by atoms with Gasteiger partial charge < -0.3 is 10.2 Å². The third kappa shape index (κ3) is 6.23. The molecule has 3 aromatic rings. The molecule has 0 unspecified atom stereocenters. The molecule has 0 aliphatic carbocycles. The summed E-state index contributed by atoms with van der Waals surface area (Å²) >= 11 is 0. The van der Waals surface area contributed by atoms with Gasteiger partial charge in [0.1, 0.15) is 0 Å². The van der Waals surface area contributed by atoms with E-state index in [1.54, 1.807) is 0 Å². The fourth-order valence-corrected chi connectivity index (χ4v) is 5.41. The Morgan fingerprint density at radius 3 is 2.46 bits per heavy atom. The van der Waals surface area contributed by atoms with E-state index in [-0.39, 0.29) is 24.2 Å². The molecule has 3 aromatic carbocycles. The van der Waals surface area contributed by atoms with Crippen molar-refractivity contribution in [1.82, 2.24) is 4.90 Å². The highest BCUT2D eigenvalue weighted by Gasteiger charge is 2.24. The Morgan fingerprint density at radius 1 is 0.919 bits per heavy atom. The van der Waals surface area contributed by atoms with Crippen molar-refractivity contribution in [3.05, 3.63) is 83.4 Å². The Hall–Kier alpha value is -3.15. The van der Waals surface area contributed by atoms with Gasteiger partial charge in [-0.2, -0.15) is 0 Å². The molecule has 0 aromatic heterocycles. The minimum Gasteiger partial charge on any atom is -0.322 e. The number of hydrogen-bond donors (Lipinski definition) is 1. The second-order valence-electron chi connectivity index (χ2n) is 9.92. The molecule has 5 nitrogen and oxygen atoms in total. The second-order valence-corrected chi connectivity index (χ2v) is 9.92. The van der Waals surface area contributed by atoms with Crippen molar-refractivity contribution >= 4 is 35.6 Å². The van der Waals surface area contributed by atoms with Crippen LogP contribution < -0.4 is 10.2 Å². The number of carbonyl (C=O) groups excluding carboxylic acids is 2. The number of halogens is 1. The van der Waals surface area contributed by atoms with E-state index in [2.05, 4.69) is 53.5 Å². The molecule has 0 bridgehead atoms. The van der Waals surface area contributed by atoms with E-state index < -0.39 is 0 Å². The zero-order valence-electron chi connectivity index (χ0n) is 21.5. The van der Waals surface area contributed by atoms with Crippen molar-refractivity contribution in [1.29, 1.82) is 0 Å². The lowest BCUT2D eigenvalue weighted by atomic mass is 9.96. The van der Waals surface area contributed by atoms with Crippen LogP contribution in [0.5, 0.6) is 0 Å². The van der Waals surface area contributed by atoms with Crippen molar-refractivity contribution in [2.24, 2.45) is 0 Å². The fourth-order valence-electron chi connectivity index (χ4n) is 5.41. The predicted octanol–water partition coefficient (Wildman–Crippen LogP) is 6.70. The van der Waals surface area contributed by atoms with Crippen LogP contribution in [0.25, 0.3) is 11.1 Å². The molecule has 0 radical (unpaired) electrons. The van der Waals surface area contributed by atoms with E-state index in [4.69, 9.17) is 0 Å². The van der Waals surface area contributed by atoms with E-state index in [0.29, 0.717) is 18.5 Å². The monoisotopic (exact) mass is 517 g/mol. The summed E-state index contributed by atoms with van der Waals surface area (Å²) in [6.45, 7) is 5.83. The molecule has 0 saturated carbocycles. The number of aryl methyl sites for hydroxylation is 1. The van der Waals surface area contributed by atoms with Crippen LogP contribution in [-0.2, 0) is 17.8 Å². The predicted molar refractivity (Wildman–Crippen MR) is 154 cm³/mol. The third-order valence-electron chi connectivity index (χ3n) is 7.29. The molecule has 194 valence electrons. The van der Waals surface area contributed by atoms with Crippen molar-refractivity contribution in [2.75, 3.05) is 29.9 Å². The fraction of sp³-hybridized carbons (Fsp3) is 0.355. The molecular weight excluding hydrogens is 482 g/mol. The van der Waals surface area contributed by atoms with Gasteiger partial charge in [-0.05, 0) is 85.3 Å². The number of piperidine rings is 1. The highest BCUT2D eigenvalue weighted by atomic mass is 35.5. The summed E-state index contributed by atoms with van der Waals surface area (Å²) in [7, 11) is 0. The van der Waals surface area contributed by atoms with Gasteiger partial charge in [-0.15, -0.1) is 12.4 Å². The highest BCUT2D eigenvalue weighted by Crippen LogP contribution is 2.32. The average Bonchev–Trinajstić information content (AvgIpc) is 2.91. The first-order chi connectivity index (χ1) is 17.6. The molecule has 0 atom stereocenters. The van der Waals surface area contributed by atoms with Crippen LogP contribution in [0.4, 0.5) is 11.4 Å². The van der Waals surface area contributed by atoms with Crippen molar-refractivity contribution < 1.29 is 9.59 Å².